The van der Waals surface area contributed by atoms with Crippen LogP contribution in [0.15, 0.2) is 47.3 Å². The second kappa shape index (κ2) is 5.27. The molecule has 0 amide bonds. The number of hydrogen-bond donors (Lipinski definition) is 2. The van der Waals surface area contributed by atoms with E-state index in [0.717, 1.165) is 19.6 Å². The van der Waals surface area contributed by atoms with Gasteiger partial charge in [-0.2, -0.15) is 0 Å². The Kier molecular flexibility index (Phi) is 3.33. The lowest BCUT2D eigenvalue weighted by atomic mass is 9.98. The summed E-state index contributed by atoms with van der Waals surface area (Å²) in [7, 11) is 0. The van der Waals surface area contributed by atoms with E-state index in [2.05, 4.69) is 34.9 Å². The van der Waals surface area contributed by atoms with Crippen molar-refractivity contribution in [2.45, 2.75) is 18.9 Å². The van der Waals surface area contributed by atoms with Crippen LogP contribution in [0, 0.1) is 0 Å². The highest BCUT2D eigenvalue weighted by Gasteiger charge is 2.20. The zero-order valence-corrected chi connectivity index (χ0v) is 10.4. The fourth-order valence-electron chi connectivity index (χ4n) is 2.52. The van der Waals surface area contributed by atoms with E-state index in [1.165, 1.54) is 23.2 Å². The van der Waals surface area contributed by atoms with Crippen molar-refractivity contribution in [3.8, 4) is 0 Å². The van der Waals surface area contributed by atoms with Crippen LogP contribution < -0.4 is 10.6 Å². The third-order valence-electron chi connectivity index (χ3n) is 3.52. The second-order valence-electron chi connectivity index (χ2n) is 4.76. The Balaban J connectivity index is 1.47. The van der Waals surface area contributed by atoms with Crippen molar-refractivity contribution in [2.75, 3.05) is 18.4 Å². The van der Waals surface area contributed by atoms with Gasteiger partial charge in [0.05, 0.1) is 12.5 Å². The van der Waals surface area contributed by atoms with Gasteiger partial charge in [0.1, 0.15) is 0 Å². The summed E-state index contributed by atoms with van der Waals surface area (Å²) in [5.41, 5.74) is 3.97. The first-order valence-electron chi connectivity index (χ1n) is 6.48. The topological polar surface area (TPSA) is 37.2 Å². The number of hydrogen-bond acceptors (Lipinski definition) is 3. The molecule has 3 nitrogen and oxygen atoms in total. The van der Waals surface area contributed by atoms with Crippen LogP contribution in [0.4, 0.5) is 5.69 Å². The molecule has 0 radical (unpaired) electrons. The minimum Gasteiger partial charge on any atom is -0.472 e. The number of fused-ring (bicyclic) bond motifs is 1. The molecule has 2 heterocycles. The van der Waals surface area contributed by atoms with E-state index in [0.29, 0.717) is 5.92 Å². The van der Waals surface area contributed by atoms with Crippen LogP contribution >= 0.6 is 0 Å². The third-order valence-corrected chi connectivity index (χ3v) is 3.52. The molecule has 2 aromatic rings. The molecule has 3 rings (SSSR count). The first-order chi connectivity index (χ1) is 8.93. The molecule has 3 heteroatoms. The fraction of sp³-hybridized carbons (Fsp3) is 0.333. The number of anilines is 1. The summed E-state index contributed by atoms with van der Waals surface area (Å²) in [6.07, 6.45) is 4.68. The molecule has 94 valence electrons. The Morgan fingerprint density at radius 3 is 3.11 bits per heavy atom. The maximum absolute atomic E-state index is 5.04. The average molecular weight is 242 g/mol. The zero-order valence-electron chi connectivity index (χ0n) is 10.4. The summed E-state index contributed by atoms with van der Waals surface area (Å²) < 4.78 is 5.04. The van der Waals surface area contributed by atoms with Crippen LogP contribution in [0.1, 0.15) is 23.5 Å². The van der Waals surface area contributed by atoms with Crippen LogP contribution in [0.3, 0.4) is 0 Å². The number of rotatable bonds is 5. The van der Waals surface area contributed by atoms with Gasteiger partial charge in [-0.1, -0.05) is 18.2 Å². The minimum atomic E-state index is 0.637. The number of nitrogens with one attached hydrogen (secondary N) is 2. The van der Waals surface area contributed by atoms with Gasteiger partial charge in [-0.25, -0.2) is 0 Å². The number of benzene rings is 1. The van der Waals surface area contributed by atoms with E-state index < -0.39 is 0 Å². The SMILES string of the molecule is c1ccc2c(c1)NCC2CCNCc1ccoc1. The summed E-state index contributed by atoms with van der Waals surface area (Å²) in [5.74, 6) is 0.637. The van der Waals surface area contributed by atoms with Crippen molar-refractivity contribution in [3.63, 3.8) is 0 Å². The summed E-state index contributed by atoms with van der Waals surface area (Å²) in [6, 6.07) is 10.6. The summed E-state index contributed by atoms with van der Waals surface area (Å²) in [5, 5.41) is 6.92. The highest BCUT2D eigenvalue weighted by molar-refractivity contribution is 5.57. The molecule has 0 saturated carbocycles. The molecule has 2 N–H and O–H groups in total. The van der Waals surface area contributed by atoms with Crippen LogP contribution in [-0.4, -0.2) is 13.1 Å². The quantitative estimate of drug-likeness (QED) is 0.791. The van der Waals surface area contributed by atoms with Crippen molar-refractivity contribution in [3.05, 3.63) is 54.0 Å². The average Bonchev–Trinajstić information content (AvgIpc) is 3.04. The summed E-state index contributed by atoms with van der Waals surface area (Å²) >= 11 is 0. The van der Waals surface area contributed by atoms with Crippen LogP contribution in [-0.2, 0) is 6.54 Å². The van der Waals surface area contributed by atoms with Crippen LogP contribution in [0.5, 0.6) is 0 Å². The van der Waals surface area contributed by atoms with Crippen molar-refractivity contribution in [1.29, 1.82) is 0 Å². The molecule has 1 unspecified atom stereocenters. The van der Waals surface area contributed by atoms with Gasteiger partial charge in [-0.15, -0.1) is 0 Å². The van der Waals surface area contributed by atoms with Gasteiger partial charge in [0.15, 0.2) is 0 Å². The Labute approximate surface area is 107 Å². The first-order valence-corrected chi connectivity index (χ1v) is 6.48. The van der Waals surface area contributed by atoms with Crippen LogP contribution in [0.25, 0.3) is 0 Å². The number of furan rings is 1. The summed E-state index contributed by atoms with van der Waals surface area (Å²) in [6.45, 7) is 2.98. The molecule has 0 fully saturated rings. The molecule has 1 atom stereocenters. The molecule has 1 aliphatic rings. The highest BCUT2D eigenvalue weighted by Crippen LogP contribution is 2.32. The molecular formula is C15H18N2O. The molecule has 0 saturated heterocycles. The maximum atomic E-state index is 5.04. The van der Waals surface area contributed by atoms with Gasteiger partial charge in [0, 0.05) is 30.3 Å². The van der Waals surface area contributed by atoms with Gasteiger partial charge >= 0.3 is 0 Å². The third kappa shape index (κ3) is 2.41. The van der Waals surface area contributed by atoms with E-state index in [-0.39, 0.29) is 0 Å². The molecule has 0 spiro atoms. The highest BCUT2D eigenvalue weighted by atomic mass is 16.3. The molecule has 1 aliphatic heterocycles. The molecule has 0 bridgehead atoms. The lowest BCUT2D eigenvalue weighted by Crippen LogP contribution is -2.17. The molecule has 0 aliphatic carbocycles. The smallest absolute Gasteiger partial charge is 0.0947 e. The van der Waals surface area contributed by atoms with Crippen molar-refractivity contribution in [1.82, 2.24) is 5.32 Å². The largest absolute Gasteiger partial charge is 0.472 e. The molecular weight excluding hydrogens is 224 g/mol. The second-order valence-corrected chi connectivity index (χ2v) is 4.76. The minimum absolute atomic E-state index is 0.637. The molecule has 1 aromatic heterocycles. The molecule has 18 heavy (non-hydrogen) atoms. The monoisotopic (exact) mass is 242 g/mol. The van der Waals surface area contributed by atoms with E-state index in [4.69, 9.17) is 4.42 Å². The normalized spacial score (nSPS) is 17.4. The van der Waals surface area contributed by atoms with E-state index in [9.17, 15) is 0 Å². The van der Waals surface area contributed by atoms with Gasteiger partial charge in [0.25, 0.3) is 0 Å². The van der Waals surface area contributed by atoms with Gasteiger partial charge < -0.3 is 15.1 Å². The maximum Gasteiger partial charge on any atom is 0.0947 e. The predicted octanol–water partition coefficient (Wildman–Crippen LogP) is 2.97. The first kappa shape index (κ1) is 11.4. The van der Waals surface area contributed by atoms with Crippen molar-refractivity contribution < 1.29 is 4.42 Å². The Hall–Kier alpha value is -1.74. The predicted molar refractivity (Wildman–Crippen MR) is 72.7 cm³/mol. The van der Waals surface area contributed by atoms with E-state index in [1.807, 2.05) is 6.07 Å². The molecule has 1 aromatic carbocycles. The standard InChI is InChI=1S/C15H18N2O/c1-2-4-15-14(3-1)13(10-17-15)5-7-16-9-12-6-8-18-11-12/h1-4,6,8,11,13,16-17H,5,7,9-10H2. The number of para-hydroxylation sites is 1. The summed E-state index contributed by atoms with van der Waals surface area (Å²) in [4.78, 5) is 0. The lowest BCUT2D eigenvalue weighted by Gasteiger charge is -2.10. The lowest BCUT2D eigenvalue weighted by molar-refractivity contribution is 0.555. The fourth-order valence-corrected chi connectivity index (χ4v) is 2.52. The van der Waals surface area contributed by atoms with Gasteiger partial charge in [-0.3, -0.25) is 0 Å². The van der Waals surface area contributed by atoms with E-state index >= 15 is 0 Å². The Morgan fingerprint density at radius 1 is 1.28 bits per heavy atom. The van der Waals surface area contributed by atoms with E-state index in [1.54, 1.807) is 12.5 Å². The van der Waals surface area contributed by atoms with Crippen molar-refractivity contribution in [2.24, 2.45) is 0 Å². The van der Waals surface area contributed by atoms with Gasteiger partial charge in [0.2, 0.25) is 0 Å². The Bertz CT molecular complexity index is 493. The van der Waals surface area contributed by atoms with Gasteiger partial charge in [-0.05, 0) is 30.7 Å². The van der Waals surface area contributed by atoms with Crippen molar-refractivity contribution >= 4 is 5.69 Å². The van der Waals surface area contributed by atoms with Crippen LogP contribution in [0.2, 0.25) is 0 Å². The zero-order chi connectivity index (χ0) is 12.2. The Morgan fingerprint density at radius 2 is 2.22 bits per heavy atom.